The van der Waals surface area contributed by atoms with Crippen molar-refractivity contribution in [2.45, 2.75) is 20.8 Å². The highest BCUT2D eigenvalue weighted by atomic mass is 35.5. The number of primary sulfonamides is 1. The van der Waals surface area contributed by atoms with Gasteiger partial charge in [-0.05, 0) is 30.5 Å². The Morgan fingerprint density at radius 1 is 1.37 bits per heavy atom. The number of nitrogens with two attached hydrogens (primary N) is 1. The van der Waals surface area contributed by atoms with Gasteiger partial charge in [0.25, 0.3) is 0 Å². The van der Waals surface area contributed by atoms with Gasteiger partial charge >= 0.3 is 0 Å². The van der Waals surface area contributed by atoms with Crippen molar-refractivity contribution in [3.8, 4) is 5.75 Å². The molecule has 1 unspecified atom stereocenters. The van der Waals surface area contributed by atoms with E-state index in [9.17, 15) is 8.42 Å². The molecule has 0 spiro atoms. The van der Waals surface area contributed by atoms with Crippen molar-refractivity contribution in [1.82, 2.24) is 0 Å². The largest absolute Gasteiger partial charge is 0.493 e. The standard InChI is InChI=1S/C13H20ClNO3S/c1-9(2)11(8-19(15,16)17)7-18-13-6-12(14)5-4-10(13)3/h4-6,9,11H,7-8H2,1-3H3,(H2,15,16,17). The lowest BCUT2D eigenvalue weighted by molar-refractivity contribution is 0.223. The SMILES string of the molecule is Cc1ccc(Cl)cc1OCC(CS(N)(=O)=O)C(C)C. The van der Waals surface area contributed by atoms with Crippen LogP contribution in [0.4, 0.5) is 0 Å². The van der Waals surface area contributed by atoms with Gasteiger partial charge in [-0.15, -0.1) is 0 Å². The van der Waals surface area contributed by atoms with Gasteiger partial charge in [0.1, 0.15) is 5.75 Å². The minimum atomic E-state index is -3.50. The van der Waals surface area contributed by atoms with Gasteiger partial charge in [-0.3, -0.25) is 0 Å². The molecule has 4 nitrogen and oxygen atoms in total. The van der Waals surface area contributed by atoms with Gasteiger partial charge in [0, 0.05) is 10.9 Å². The number of ether oxygens (including phenoxy) is 1. The Bertz CT molecular complexity index is 529. The fourth-order valence-corrected chi connectivity index (χ4v) is 2.90. The highest BCUT2D eigenvalue weighted by Gasteiger charge is 2.20. The molecule has 0 bridgehead atoms. The molecule has 0 radical (unpaired) electrons. The van der Waals surface area contributed by atoms with Crippen LogP contribution >= 0.6 is 11.6 Å². The summed E-state index contributed by atoms with van der Waals surface area (Å²) in [6.45, 7) is 6.11. The number of hydrogen-bond acceptors (Lipinski definition) is 3. The first-order valence-corrected chi connectivity index (χ1v) is 8.18. The van der Waals surface area contributed by atoms with Gasteiger partial charge in [-0.1, -0.05) is 31.5 Å². The Morgan fingerprint density at radius 2 is 2.00 bits per heavy atom. The molecule has 1 aromatic carbocycles. The molecule has 0 aromatic heterocycles. The van der Waals surface area contributed by atoms with E-state index in [4.69, 9.17) is 21.5 Å². The fourth-order valence-electron chi connectivity index (χ4n) is 1.66. The molecule has 1 atom stereocenters. The Labute approximate surface area is 120 Å². The van der Waals surface area contributed by atoms with Crippen molar-refractivity contribution in [3.63, 3.8) is 0 Å². The molecular weight excluding hydrogens is 286 g/mol. The Balaban J connectivity index is 2.74. The van der Waals surface area contributed by atoms with Gasteiger partial charge in [0.05, 0.1) is 12.4 Å². The van der Waals surface area contributed by atoms with Gasteiger partial charge in [-0.2, -0.15) is 0 Å². The van der Waals surface area contributed by atoms with Crippen LogP contribution in [0.5, 0.6) is 5.75 Å². The smallest absolute Gasteiger partial charge is 0.209 e. The normalized spacial score (nSPS) is 13.6. The summed E-state index contributed by atoms with van der Waals surface area (Å²) in [4.78, 5) is 0. The van der Waals surface area contributed by atoms with E-state index in [2.05, 4.69) is 0 Å². The Hall–Kier alpha value is -0.780. The summed E-state index contributed by atoms with van der Waals surface area (Å²) in [7, 11) is -3.50. The van der Waals surface area contributed by atoms with Gasteiger partial charge in [0.2, 0.25) is 10.0 Å². The maximum atomic E-state index is 11.2. The number of hydrogen-bond donors (Lipinski definition) is 1. The third-order valence-corrected chi connectivity index (χ3v) is 4.12. The molecule has 0 saturated carbocycles. The van der Waals surface area contributed by atoms with Gasteiger partial charge in [-0.25, -0.2) is 13.6 Å². The molecule has 108 valence electrons. The molecule has 0 fully saturated rings. The summed E-state index contributed by atoms with van der Waals surface area (Å²) in [5, 5.41) is 5.68. The van der Waals surface area contributed by atoms with Crippen LogP contribution in [0.15, 0.2) is 18.2 Å². The summed E-state index contributed by atoms with van der Waals surface area (Å²) < 4.78 is 28.0. The predicted octanol–water partition coefficient (Wildman–Crippen LogP) is 2.59. The van der Waals surface area contributed by atoms with Crippen molar-refractivity contribution in [2.24, 2.45) is 17.0 Å². The molecule has 0 aliphatic rings. The number of rotatable bonds is 6. The maximum absolute atomic E-state index is 11.2. The second kappa shape index (κ2) is 6.59. The van der Waals surface area contributed by atoms with E-state index in [1.54, 1.807) is 12.1 Å². The van der Waals surface area contributed by atoms with Gasteiger partial charge in [0.15, 0.2) is 0 Å². The average Bonchev–Trinajstić information content (AvgIpc) is 2.26. The van der Waals surface area contributed by atoms with E-state index in [0.717, 1.165) is 5.56 Å². The second-order valence-electron chi connectivity index (χ2n) is 5.05. The van der Waals surface area contributed by atoms with Crippen molar-refractivity contribution in [1.29, 1.82) is 0 Å². The number of sulfonamides is 1. The zero-order valence-electron chi connectivity index (χ0n) is 11.4. The van der Waals surface area contributed by atoms with E-state index in [1.807, 2.05) is 26.8 Å². The maximum Gasteiger partial charge on any atom is 0.209 e. The quantitative estimate of drug-likeness (QED) is 0.878. The van der Waals surface area contributed by atoms with E-state index in [-0.39, 0.29) is 17.6 Å². The molecule has 0 heterocycles. The van der Waals surface area contributed by atoms with Gasteiger partial charge < -0.3 is 4.74 Å². The monoisotopic (exact) mass is 305 g/mol. The second-order valence-corrected chi connectivity index (χ2v) is 7.15. The van der Waals surface area contributed by atoms with Crippen molar-refractivity contribution >= 4 is 21.6 Å². The van der Waals surface area contributed by atoms with Crippen LogP contribution < -0.4 is 9.88 Å². The van der Waals surface area contributed by atoms with E-state index in [1.165, 1.54) is 0 Å². The Kier molecular flexibility index (Phi) is 5.64. The lowest BCUT2D eigenvalue weighted by atomic mass is 9.99. The van der Waals surface area contributed by atoms with E-state index in [0.29, 0.717) is 17.4 Å². The summed E-state index contributed by atoms with van der Waals surface area (Å²) in [5.41, 5.74) is 0.961. The topological polar surface area (TPSA) is 69.4 Å². The van der Waals surface area contributed by atoms with Crippen LogP contribution in [0, 0.1) is 18.8 Å². The Morgan fingerprint density at radius 3 is 2.53 bits per heavy atom. The highest BCUT2D eigenvalue weighted by molar-refractivity contribution is 7.89. The molecule has 1 rings (SSSR count). The highest BCUT2D eigenvalue weighted by Crippen LogP contribution is 2.24. The van der Waals surface area contributed by atoms with Crippen molar-refractivity contribution in [2.75, 3.05) is 12.4 Å². The van der Waals surface area contributed by atoms with Crippen LogP contribution in [-0.4, -0.2) is 20.8 Å². The molecule has 0 saturated heterocycles. The van der Waals surface area contributed by atoms with E-state index < -0.39 is 10.0 Å². The summed E-state index contributed by atoms with van der Waals surface area (Å²) in [6.07, 6.45) is 0. The molecule has 6 heteroatoms. The average molecular weight is 306 g/mol. The first-order chi connectivity index (χ1) is 8.69. The van der Waals surface area contributed by atoms with Crippen LogP contribution in [0.25, 0.3) is 0 Å². The summed E-state index contributed by atoms with van der Waals surface area (Å²) in [5.74, 6) is 0.614. The minimum absolute atomic E-state index is 0.0791. The molecular formula is C13H20ClNO3S. The molecule has 0 aliphatic heterocycles. The van der Waals surface area contributed by atoms with Crippen molar-refractivity contribution in [3.05, 3.63) is 28.8 Å². The number of benzene rings is 1. The van der Waals surface area contributed by atoms with Crippen LogP contribution in [-0.2, 0) is 10.0 Å². The molecule has 0 amide bonds. The molecule has 19 heavy (non-hydrogen) atoms. The number of halogens is 1. The van der Waals surface area contributed by atoms with Crippen LogP contribution in [0.3, 0.4) is 0 Å². The zero-order chi connectivity index (χ0) is 14.6. The van der Waals surface area contributed by atoms with E-state index >= 15 is 0 Å². The zero-order valence-corrected chi connectivity index (χ0v) is 13.0. The summed E-state index contributed by atoms with van der Waals surface area (Å²) >= 11 is 5.91. The van der Waals surface area contributed by atoms with Crippen LogP contribution in [0.2, 0.25) is 5.02 Å². The summed E-state index contributed by atoms with van der Waals surface area (Å²) in [6, 6.07) is 5.38. The third-order valence-electron chi connectivity index (χ3n) is 2.99. The first kappa shape index (κ1) is 16.3. The third kappa shape index (κ3) is 5.80. The molecule has 1 aromatic rings. The first-order valence-electron chi connectivity index (χ1n) is 6.08. The number of aryl methyl sites for hydroxylation is 1. The molecule has 0 aliphatic carbocycles. The molecule has 2 N–H and O–H groups in total. The lowest BCUT2D eigenvalue weighted by Gasteiger charge is -2.21. The fraction of sp³-hybridized carbons (Fsp3) is 0.538. The van der Waals surface area contributed by atoms with Crippen molar-refractivity contribution < 1.29 is 13.2 Å². The van der Waals surface area contributed by atoms with Crippen LogP contribution in [0.1, 0.15) is 19.4 Å². The lowest BCUT2D eigenvalue weighted by Crippen LogP contribution is -2.30. The minimum Gasteiger partial charge on any atom is -0.493 e. The predicted molar refractivity (Wildman–Crippen MR) is 78.0 cm³/mol.